The van der Waals surface area contributed by atoms with E-state index in [0.29, 0.717) is 22.0 Å². The Morgan fingerprint density at radius 2 is 2.00 bits per heavy atom. The smallest absolute Gasteiger partial charge is 0.280 e. The number of hydrogen-bond acceptors (Lipinski definition) is 7. The van der Waals surface area contributed by atoms with E-state index < -0.39 is 4.92 Å². The molecule has 0 aliphatic carbocycles. The standard InChI is InChI=1S/C19H17N3O5S/c1-2-11-3-5-13(6-4-11)20-19-21-18(23)17(28-19)8-12-7-15-16(27-10-26-15)9-14(12)22(24)25/h3-9,19-20H,2,10H2,1H3,(H,21,23)/b17-8+/t19-/m0/s1. The largest absolute Gasteiger partial charge is 0.454 e. The van der Waals surface area contributed by atoms with Gasteiger partial charge in [-0.05, 0) is 36.3 Å². The summed E-state index contributed by atoms with van der Waals surface area (Å²) in [5.41, 5.74) is 1.89. The van der Waals surface area contributed by atoms with E-state index in [1.54, 1.807) is 0 Å². The van der Waals surface area contributed by atoms with Crippen molar-refractivity contribution in [2.45, 2.75) is 18.8 Å². The summed E-state index contributed by atoms with van der Waals surface area (Å²) < 4.78 is 10.5. The quantitative estimate of drug-likeness (QED) is 0.451. The summed E-state index contributed by atoms with van der Waals surface area (Å²) in [5.74, 6) is 0.457. The molecule has 9 heteroatoms. The number of anilines is 1. The number of aryl methyl sites for hydroxylation is 1. The predicted octanol–water partition coefficient (Wildman–Crippen LogP) is 3.49. The third kappa shape index (κ3) is 3.61. The van der Waals surface area contributed by atoms with Gasteiger partial charge in [0, 0.05) is 5.69 Å². The summed E-state index contributed by atoms with van der Waals surface area (Å²) in [6, 6.07) is 10.8. The number of benzene rings is 2. The molecular weight excluding hydrogens is 382 g/mol. The van der Waals surface area contributed by atoms with Gasteiger partial charge in [-0.1, -0.05) is 30.8 Å². The Hall–Kier alpha value is -3.20. The fraction of sp³-hybridized carbons (Fsp3) is 0.211. The maximum atomic E-state index is 12.3. The third-order valence-corrected chi connectivity index (χ3v) is 5.42. The zero-order chi connectivity index (χ0) is 19.7. The number of fused-ring (bicyclic) bond motifs is 1. The van der Waals surface area contributed by atoms with Crippen molar-refractivity contribution in [3.63, 3.8) is 0 Å². The van der Waals surface area contributed by atoms with Crippen molar-refractivity contribution in [3.05, 3.63) is 62.5 Å². The maximum Gasteiger partial charge on any atom is 0.280 e. The predicted molar refractivity (Wildman–Crippen MR) is 106 cm³/mol. The Morgan fingerprint density at radius 3 is 2.68 bits per heavy atom. The highest BCUT2D eigenvalue weighted by molar-refractivity contribution is 8.05. The number of amides is 1. The lowest BCUT2D eigenvalue weighted by Gasteiger charge is -2.12. The van der Waals surface area contributed by atoms with Crippen LogP contribution in [0.15, 0.2) is 41.3 Å². The third-order valence-electron chi connectivity index (χ3n) is 4.40. The summed E-state index contributed by atoms with van der Waals surface area (Å²) in [6.07, 6.45) is 2.46. The number of carbonyl (C=O) groups excluding carboxylic acids is 1. The van der Waals surface area contributed by atoms with Gasteiger partial charge in [-0.25, -0.2) is 0 Å². The molecule has 1 saturated heterocycles. The van der Waals surface area contributed by atoms with E-state index in [9.17, 15) is 14.9 Å². The average Bonchev–Trinajstić information content (AvgIpc) is 3.27. The lowest BCUT2D eigenvalue weighted by molar-refractivity contribution is -0.385. The van der Waals surface area contributed by atoms with E-state index in [0.717, 1.165) is 12.1 Å². The SMILES string of the molecule is CCc1ccc(N[C@H]2NC(=O)/C(=C\c3cc4c(cc3[N+](=O)[O-])OCO4)S2)cc1. The minimum absolute atomic E-state index is 0.0184. The molecule has 0 saturated carbocycles. The van der Waals surface area contributed by atoms with Crippen LogP contribution in [0, 0.1) is 10.1 Å². The number of hydrogen-bond donors (Lipinski definition) is 2. The van der Waals surface area contributed by atoms with Crippen LogP contribution in [-0.2, 0) is 11.2 Å². The molecule has 1 atom stereocenters. The van der Waals surface area contributed by atoms with Crippen molar-refractivity contribution in [2.24, 2.45) is 0 Å². The monoisotopic (exact) mass is 399 g/mol. The van der Waals surface area contributed by atoms with E-state index >= 15 is 0 Å². The Morgan fingerprint density at radius 1 is 1.29 bits per heavy atom. The molecule has 2 aromatic rings. The topological polar surface area (TPSA) is 103 Å². The number of nitrogens with zero attached hydrogens (tertiary/aromatic N) is 1. The lowest BCUT2D eigenvalue weighted by Crippen LogP contribution is -2.30. The van der Waals surface area contributed by atoms with Crippen LogP contribution in [0.2, 0.25) is 0 Å². The number of rotatable bonds is 5. The van der Waals surface area contributed by atoms with Gasteiger partial charge in [0.15, 0.2) is 17.0 Å². The van der Waals surface area contributed by atoms with Crippen LogP contribution in [0.5, 0.6) is 11.5 Å². The first-order chi connectivity index (χ1) is 13.5. The molecule has 2 N–H and O–H groups in total. The van der Waals surface area contributed by atoms with Gasteiger partial charge in [-0.2, -0.15) is 0 Å². The van der Waals surface area contributed by atoms with E-state index in [1.165, 1.54) is 35.5 Å². The molecule has 4 rings (SSSR count). The molecule has 28 heavy (non-hydrogen) atoms. The first-order valence-corrected chi connectivity index (χ1v) is 9.54. The minimum atomic E-state index is -0.503. The zero-order valence-corrected chi connectivity index (χ0v) is 15.7. The highest BCUT2D eigenvalue weighted by Crippen LogP contribution is 2.40. The Balaban J connectivity index is 1.55. The Labute approximate surface area is 165 Å². The van der Waals surface area contributed by atoms with Gasteiger partial charge in [-0.3, -0.25) is 14.9 Å². The molecular formula is C19H17N3O5S. The molecule has 0 aromatic heterocycles. The van der Waals surface area contributed by atoms with Gasteiger partial charge < -0.3 is 20.1 Å². The average molecular weight is 399 g/mol. The van der Waals surface area contributed by atoms with Gasteiger partial charge >= 0.3 is 0 Å². The van der Waals surface area contributed by atoms with Crippen LogP contribution in [0.3, 0.4) is 0 Å². The summed E-state index contributed by atoms with van der Waals surface area (Å²) >= 11 is 1.27. The van der Waals surface area contributed by atoms with Gasteiger partial charge in [0.2, 0.25) is 6.79 Å². The van der Waals surface area contributed by atoms with Gasteiger partial charge in [0.1, 0.15) is 0 Å². The normalized spacial score (nSPS) is 19.0. The van der Waals surface area contributed by atoms with Crippen LogP contribution in [0.1, 0.15) is 18.1 Å². The van der Waals surface area contributed by atoms with E-state index in [1.807, 2.05) is 24.3 Å². The molecule has 144 valence electrons. The number of ether oxygens (including phenoxy) is 2. The van der Waals surface area contributed by atoms with Crippen molar-refractivity contribution in [3.8, 4) is 11.5 Å². The van der Waals surface area contributed by atoms with E-state index in [-0.39, 0.29) is 23.9 Å². The van der Waals surface area contributed by atoms with Crippen LogP contribution < -0.4 is 20.1 Å². The summed E-state index contributed by atoms with van der Waals surface area (Å²) in [6.45, 7) is 2.10. The van der Waals surface area contributed by atoms with Crippen LogP contribution >= 0.6 is 11.8 Å². The van der Waals surface area contributed by atoms with Crippen molar-refractivity contribution in [1.82, 2.24) is 5.32 Å². The van der Waals surface area contributed by atoms with Crippen LogP contribution in [-0.4, -0.2) is 23.1 Å². The molecule has 0 radical (unpaired) electrons. The molecule has 8 nitrogen and oxygen atoms in total. The van der Waals surface area contributed by atoms with Gasteiger partial charge in [-0.15, -0.1) is 0 Å². The second-order valence-electron chi connectivity index (χ2n) is 6.20. The van der Waals surface area contributed by atoms with E-state index in [4.69, 9.17) is 9.47 Å². The van der Waals surface area contributed by atoms with Crippen molar-refractivity contribution >= 4 is 35.1 Å². The zero-order valence-electron chi connectivity index (χ0n) is 14.9. The maximum absolute atomic E-state index is 12.3. The Bertz CT molecular complexity index is 974. The molecule has 2 aliphatic heterocycles. The number of nitro benzene ring substituents is 1. The van der Waals surface area contributed by atoms with Crippen LogP contribution in [0.25, 0.3) is 6.08 Å². The summed E-state index contributed by atoms with van der Waals surface area (Å²) in [4.78, 5) is 23.6. The fourth-order valence-corrected chi connectivity index (χ4v) is 3.89. The van der Waals surface area contributed by atoms with E-state index in [2.05, 4.69) is 17.6 Å². The summed E-state index contributed by atoms with van der Waals surface area (Å²) in [5, 5.41) is 17.4. The highest BCUT2D eigenvalue weighted by Gasteiger charge is 2.29. The second kappa shape index (κ2) is 7.43. The first kappa shape index (κ1) is 18.2. The molecule has 0 unspecified atom stereocenters. The second-order valence-corrected chi connectivity index (χ2v) is 7.34. The Kier molecular flexibility index (Phi) is 4.82. The summed E-state index contributed by atoms with van der Waals surface area (Å²) in [7, 11) is 0. The number of nitro groups is 1. The number of thioether (sulfide) groups is 1. The molecule has 1 amide bonds. The molecule has 0 spiro atoms. The van der Waals surface area contributed by atoms with Crippen LogP contribution in [0.4, 0.5) is 11.4 Å². The fourth-order valence-electron chi connectivity index (χ4n) is 2.92. The molecule has 0 bridgehead atoms. The van der Waals surface area contributed by atoms with Crippen molar-refractivity contribution in [2.75, 3.05) is 12.1 Å². The highest BCUT2D eigenvalue weighted by atomic mass is 32.2. The molecule has 2 aliphatic rings. The molecule has 2 aromatic carbocycles. The number of carbonyl (C=O) groups is 1. The van der Waals surface area contributed by atoms with Gasteiger partial charge in [0.25, 0.3) is 11.6 Å². The van der Waals surface area contributed by atoms with Gasteiger partial charge in [0.05, 0.1) is 21.5 Å². The lowest BCUT2D eigenvalue weighted by atomic mass is 10.1. The number of nitrogens with one attached hydrogen (secondary N) is 2. The first-order valence-electron chi connectivity index (χ1n) is 8.66. The van der Waals surface area contributed by atoms with Crippen molar-refractivity contribution in [1.29, 1.82) is 0 Å². The molecule has 1 fully saturated rings. The van der Waals surface area contributed by atoms with Crippen molar-refractivity contribution < 1.29 is 19.2 Å². The minimum Gasteiger partial charge on any atom is -0.454 e. The molecule has 2 heterocycles.